The monoisotopic (exact) mass is 874 g/mol. The summed E-state index contributed by atoms with van der Waals surface area (Å²) in [6.45, 7) is 16.5. The molecule has 16 heteroatoms. The molecule has 16 nitrogen and oxygen atoms in total. The number of nitrogens with zero attached hydrogens (tertiary/aromatic N) is 6. The van der Waals surface area contributed by atoms with Crippen molar-refractivity contribution in [3.05, 3.63) is 35.9 Å². The van der Waals surface area contributed by atoms with Gasteiger partial charge in [0.25, 0.3) is 0 Å². The third kappa shape index (κ3) is 15.4. The lowest BCUT2D eigenvalue weighted by Crippen LogP contribution is -2.55. The molecule has 0 bridgehead atoms. The van der Waals surface area contributed by atoms with E-state index in [0.717, 1.165) is 18.4 Å². The van der Waals surface area contributed by atoms with Gasteiger partial charge < -0.3 is 48.8 Å². The van der Waals surface area contributed by atoms with E-state index in [4.69, 9.17) is 23.9 Å². The number of hydrogen-bond acceptors (Lipinski definition) is 10. The molecule has 352 valence electrons. The first-order chi connectivity index (χ1) is 29.0. The van der Waals surface area contributed by atoms with Crippen LogP contribution in [0.25, 0.3) is 0 Å². The van der Waals surface area contributed by atoms with E-state index in [9.17, 15) is 24.0 Å². The summed E-state index contributed by atoms with van der Waals surface area (Å²) in [5, 5.41) is 2.87. The number of aliphatic imine (C=N–C) groups is 1. The van der Waals surface area contributed by atoms with E-state index in [0.29, 0.717) is 32.0 Å². The number of guanidine groups is 1. The molecule has 4 amide bonds. The highest BCUT2D eigenvalue weighted by atomic mass is 16.6. The standard InChI is InChI=1S/C46H79N7O9/c1-17-31(4)39(52(13)42(56)38(30(2)3)48-44(49(9)10)50(11)26-27-51(12)45(58)62-46(6,7)8)36(59-14)29-37(54)53-25-21-24-35(53)40(60-15)32(5)41(55)47-34(43(57)61-16)28-33-22-19-18-20-23-33/h18-20,22-23,30-32,34-36,38-40H,17,21,24-29H2,1-16H3,(H,47,55)/t31-,32+,34-,35-,36+,38-,39-,40+/m0/s1. The number of methoxy groups -OCH3 is 3. The Morgan fingerprint density at radius 2 is 1.52 bits per heavy atom. The number of esters is 1. The van der Waals surface area contributed by atoms with Crippen LogP contribution in [0.15, 0.2) is 35.3 Å². The summed E-state index contributed by atoms with van der Waals surface area (Å²) >= 11 is 0. The van der Waals surface area contributed by atoms with Gasteiger partial charge in [-0.15, -0.1) is 0 Å². The van der Waals surface area contributed by atoms with Crippen molar-refractivity contribution in [2.24, 2.45) is 22.7 Å². The minimum atomic E-state index is -0.898. The number of benzene rings is 1. The van der Waals surface area contributed by atoms with Gasteiger partial charge >= 0.3 is 12.1 Å². The second-order valence-corrected chi connectivity index (χ2v) is 18.2. The van der Waals surface area contributed by atoms with Gasteiger partial charge in [0.1, 0.15) is 17.7 Å². The van der Waals surface area contributed by atoms with Crippen LogP contribution in [0.1, 0.15) is 86.6 Å². The van der Waals surface area contributed by atoms with Gasteiger partial charge in [0, 0.05) is 75.5 Å². The van der Waals surface area contributed by atoms with Crippen molar-refractivity contribution in [2.45, 2.75) is 129 Å². The van der Waals surface area contributed by atoms with Crippen molar-refractivity contribution in [2.75, 3.05) is 76.2 Å². The van der Waals surface area contributed by atoms with Crippen LogP contribution in [-0.4, -0.2) is 178 Å². The van der Waals surface area contributed by atoms with E-state index >= 15 is 0 Å². The summed E-state index contributed by atoms with van der Waals surface area (Å²) in [6, 6.07) is 6.86. The molecule has 1 saturated heterocycles. The highest BCUT2D eigenvalue weighted by Gasteiger charge is 2.43. The number of nitrogens with one attached hydrogen (secondary N) is 1. The Balaban J connectivity index is 2.32. The van der Waals surface area contributed by atoms with Gasteiger partial charge in [0.05, 0.1) is 43.7 Å². The molecular formula is C46H79N7O9. The number of carbonyl (C=O) groups excluding carboxylic acids is 5. The molecule has 1 heterocycles. The summed E-state index contributed by atoms with van der Waals surface area (Å²) in [7, 11) is 13.4. The second-order valence-electron chi connectivity index (χ2n) is 18.2. The fourth-order valence-electron chi connectivity index (χ4n) is 8.00. The smallest absolute Gasteiger partial charge is 0.410 e. The third-order valence-corrected chi connectivity index (χ3v) is 11.7. The summed E-state index contributed by atoms with van der Waals surface area (Å²) in [5.74, 6) is -1.64. The lowest BCUT2D eigenvalue weighted by atomic mass is 9.89. The minimum Gasteiger partial charge on any atom is -0.467 e. The largest absolute Gasteiger partial charge is 0.467 e. The van der Waals surface area contributed by atoms with Crippen LogP contribution >= 0.6 is 0 Å². The van der Waals surface area contributed by atoms with Crippen molar-refractivity contribution in [1.29, 1.82) is 0 Å². The lowest BCUT2D eigenvalue weighted by Gasteiger charge is -2.40. The molecule has 1 aromatic carbocycles. The Kier molecular flexibility index (Phi) is 21.7. The fourth-order valence-corrected chi connectivity index (χ4v) is 8.00. The predicted molar refractivity (Wildman–Crippen MR) is 241 cm³/mol. The summed E-state index contributed by atoms with van der Waals surface area (Å²) < 4.78 is 22.6. The molecule has 1 N–H and O–H groups in total. The van der Waals surface area contributed by atoms with Crippen LogP contribution < -0.4 is 5.32 Å². The maximum atomic E-state index is 14.6. The Morgan fingerprint density at radius 3 is 2.03 bits per heavy atom. The molecule has 1 aliphatic rings. The van der Waals surface area contributed by atoms with Crippen molar-refractivity contribution >= 4 is 35.7 Å². The molecule has 8 atom stereocenters. The minimum absolute atomic E-state index is 0.00456. The van der Waals surface area contributed by atoms with Gasteiger partial charge in [-0.1, -0.05) is 71.4 Å². The van der Waals surface area contributed by atoms with Gasteiger partial charge in [-0.3, -0.25) is 14.4 Å². The van der Waals surface area contributed by atoms with Crippen LogP contribution in [0, 0.1) is 17.8 Å². The molecule has 0 unspecified atom stereocenters. The van der Waals surface area contributed by atoms with Gasteiger partial charge in [-0.05, 0) is 51.0 Å². The lowest BCUT2D eigenvalue weighted by molar-refractivity contribution is -0.148. The van der Waals surface area contributed by atoms with Crippen molar-refractivity contribution in [1.82, 2.24) is 29.8 Å². The zero-order valence-corrected chi connectivity index (χ0v) is 40.6. The van der Waals surface area contributed by atoms with E-state index < -0.39 is 60.0 Å². The van der Waals surface area contributed by atoms with Gasteiger partial charge in [-0.2, -0.15) is 0 Å². The van der Waals surface area contributed by atoms with Crippen molar-refractivity contribution in [3.8, 4) is 0 Å². The average molecular weight is 874 g/mol. The summed E-state index contributed by atoms with van der Waals surface area (Å²) in [4.78, 5) is 81.9. The number of likely N-dealkylation sites (tertiary alicyclic amines) is 1. The number of rotatable bonds is 21. The van der Waals surface area contributed by atoms with Crippen LogP contribution in [0.2, 0.25) is 0 Å². The van der Waals surface area contributed by atoms with E-state index in [2.05, 4.69) is 12.2 Å². The molecule has 1 aromatic rings. The SMILES string of the molecule is CC[C@H](C)[C@@H]([C@@H](CC(=O)N1CCC[C@H]1[C@H](OC)[C@@H](C)C(=O)N[C@@H](Cc1ccccc1)C(=O)OC)OC)N(C)C(=O)[C@@H](N=C(N(C)C)N(C)CCN(C)C(=O)OC(C)(C)C)C(C)C. The Bertz CT molecular complexity index is 1620. The Morgan fingerprint density at radius 1 is 0.903 bits per heavy atom. The first kappa shape index (κ1) is 53.7. The number of hydrogen-bond donors (Lipinski definition) is 1. The third-order valence-electron chi connectivity index (χ3n) is 11.7. The molecular weight excluding hydrogens is 795 g/mol. The van der Waals surface area contributed by atoms with Gasteiger partial charge in [-0.25, -0.2) is 14.6 Å². The average Bonchev–Trinajstić information content (AvgIpc) is 3.71. The summed E-state index contributed by atoms with van der Waals surface area (Å²) in [5.41, 5.74) is 0.259. The van der Waals surface area contributed by atoms with E-state index in [-0.39, 0.29) is 42.4 Å². The molecule has 62 heavy (non-hydrogen) atoms. The summed E-state index contributed by atoms with van der Waals surface area (Å²) in [6.07, 6.45) is 0.622. The van der Waals surface area contributed by atoms with Crippen LogP contribution in [0.4, 0.5) is 4.79 Å². The van der Waals surface area contributed by atoms with E-state index in [1.165, 1.54) is 19.1 Å². The molecule has 0 aromatic heterocycles. The van der Waals surface area contributed by atoms with Gasteiger partial charge in [0.15, 0.2) is 5.96 Å². The molecule has 0 radical (unpaired) electrons. The number of ether oxygens (including phenoxy) is 4. The van der Waals surface area contributed by atoms with Crippen LogP contribution in [0.5, 0.6) is 0 Å². The van der Waals surface area contributed by atoms with Gasteiger partial charge in [0.2, 0.25) is 17.7 Å². The second kappa shape index (κ2) is 25.0. The van der Waals surface area contributed by atoms with Crippen molar-refractivity contribution in [3.63, 3.8) is 0 Å². The fraction of sp³-hybridized carbons (Fsp3) is 0.739. The Labute approximate surface area is 372 Å². The zero-order chi connectivity index (χ0) is 47.1. The number of amides is 4. The van der Waals surface area contributed by atoms with Crippen molar-refractivity contribution < 1.29 is 42.9 Å². The predicted octanol–water partition coefficient (Wildman–Crippen LogP) is 4.55. The quantitative estimate of drug-likeness (QED) is 0.105. The first-order valence-corrected chi connectivity index (χ1v) is 22.0. The highest BCUT2D eigenvalue weighted by molar-refractivity contribution is 5.88. The molecule has 0 spiro atoms. The topological polar surface area (TPSA) is 163 Å². The molecule has 0 saturated carbocycles. The van der Waals surface area contributed by atoms with E-state index in [1.54, 1.807) is 37.9 Å². The number of likely N-dealkylation sites (N-methyl/N-ethyl adjacent to an activating group) is 3. The van der Waals surface area contributed by atoms with Crippen LogP contribution in [0.3, 0.4) is 0 Å². The molecule has 1 aliphatic heterocycles. The van der Waals surface area contributed by atoms with E-state index in [1.807, 2.05) is 103 Å². The molecule has 2 rings (SSSR count). The molecule has 0 aliphatic carbocycles. The van der Waals surface area contributed by atoms with Crippen LogP contribution in [-0.2, 0) is 44.5 Å². The molecule has 1 fully saturated rings. The highest BCUT2D eigenvalue weighted by Crippen LogP contribution is 2.30. The maximum absolute atomic E-state index is 14.6. The number of carbonyl (C=O) groups is 5. The first-order valence-electron chi connectivity index (χ1n) is 22.0. The maximum Gasteiger partial charge on any atom is 0.410 e. The zero-order valence-electron chi connectivity index (χ0n) is 40.6. The normalized spacial score (nSPS) is 17.9. The Hall–Kier alpha value is -4.44.